The fourth-order valence-corrected chi connectivity index (χ4v) is 3.79. The van der Waals surface area contributed by atoms with Crippen LogP contribution in [0.4, 0.5) is 19.3 Å². The minimum Gasteiger partial charge on any atom is -0.444 e. The third-order valence-electron chi connectivity index (χ3n) is 5.40. The maximum Gasteiger partial charge on any atom is 0.410 e. The zero-order valence-corrected chi connectivity index (χ0v) is 21.1. The van der Waals surface area contributed by atoms with Crippen LogP contribution >= 0.6 is 0 Å². The number of benzene rings is 2. The second-order valence-electron chi connectivity index (χ2n) is 9.56. The van der Waals surface area contributed by atoms with Crippen LogP contribution in [-0.2, 0) is 9.53 Å². The number of likely N-dealkylation sites (tertiary alicyclic amines) is 1. The number of halogens is 2. The molecule has 4 rings (SSSR count). The predicted octanol–water partition coefficient (Wildman–Crippen LogP) is 5.19. The largest absolute Gasteiger partial charge is 0.444 e. The van der Waals surface area contributed by atoms with Crippen molar-refractivity contribution in [1.29, 1.82) is 0 Å². The number of rotatable bonds is 5. The molecule has 2 aromatic carbocycles. The molecule has 10 heteroatoms. The number of hydrogen-bond donors (Lipinski definition) is 3. The molecule has 0 spiro atoms. The van der Waals surface area contributed by atoms with Gasteiger partial charge in [-0.15, -0.1) is 0 Å². The highest BCUT2D eigenvalue weighted by molar-refractivity contribution is 6.01. The number of aromatic nitrogens is 1. The molecular weight excluding hydrogens is 482 g/mol. The summed E-state index contributed by atoms with van der Waals surface area (Å²) in [6.07, 6.45) is -1.92. The number of anilines is 1. The molecule has 0 bridgehead atoms. The first-order chi connectivity index (χ1) is 17.5. The number of alkyl halides is 2. The molecule has 1 aromatic heterocycles. The molecule has 0 saturated carbocycles. The first-order valence-electron chi connectivity index (χ1n) is 12.0. The van der Waals surface area contributed by atoms with E-state index in [9.17, 15) is 23.2 Å². The summed E-state index contributed by atoms with van der Waals surface area (Å²) in [6, 6.07) is 17.9. The zero-order valence-electron chi connectivity index (χ0n) is 21.1. The minimum atomic E-state index is -2.63. The van der Waals surface area contributed by atoms with E-state index in [2.05, 4.69) is 15.6 Å². The number of carbonyl (C=O) groups excluding carboxylic acids is 3. The Morgan fingerprint density at radius 1 is 1.08 bits per heavy atom. The van der Waals surface area contributed by atoms with Gasteiger partial charge in [-0.1, -0.05) is 36.4 Å². The summed E-state index contributed by atoms with van der Waals surface area (Å²) < 4.78 is 29.9. The fraction of sp³-hybridized carbons (Fsp3) is 0.370. The van der Waals surface area contributed by atoms with Gasteiger partial charge in [0.05, 0.1) is 6.54 Å². The van der Waals surface area contributed by atoms with Gasteiger partial charge in [-0.3, -0.25) is 14.5 Å². The van der Waals surface area contributed by atoms with E-state index in [1.165, 1.54) is 11.0 Å². The van der Waals surface area contributed by atoms with Gasteiger partial charge < -0.3 is 20.4 Å². The van der Waals surface area contributed by atoms with E-state index in [1.54, 1.807) is 39.0 Å². The molecule has 1 saturated heterocycles. The number of fused-ring (bicyclic) bond motifs is 1. The highest BCUT2D eigenvalue weighted by Gasteiger charge is 2.36. The van der Waals surface area contributed by atoms with Gasteiger partial charge >= 0.3 is 6.09 Å². The van der Waals surface area contributed by atoms with Crippen molar-refractivity contribution in [3.8, 4) is 0 Å². The van der Waals surface area contributed by atoms with Crippen LogP contribution in [0, 0.1) is 0 Å². The Kier molecular flexibility index (Phi) is 9.21. The molecule has 0 radical (unpaired) electrons. The molecule has 2 heterocycles. The summed E-state index contributed by atoms with van der Waals surface area (Å²) >= 11 is 0. The molecule has 37 heavy (non-hydrogen) atoms. The quantitative estimate of drug-likeness (QED) is 0.436. The number of hydrogen-bond acceptors (Lipinski definition) is 4. The van der Waals surface area contributed by atoms with Gasteiger partial charge in [0.2, 0.25) is 5.91 Å². The highest BCUT2D eigenvalue weighted by atomic mass is 19.3. The Labute approximate surface area is 214 Å². The van der Waals surface area contributed by atoms with E-state index in [1.807, 2.05) is 36.4 Å². The van der Waals surface area contributed by atoms with Crippen molar-refractivity contribution in [3.05, 3.63) is 66.4 Å². The standard InChI is InChI=1S/C21H26F2N4O4.C6H6/c1-21(2,3)31-20(30)27-8-4-5-16(27)19(29)25-13-6-7-14-12(9-13)10-15(26-14)18(28)24-11-17(22)23;1-2-4-6-5-3-1/h6-7,9-10,16-17,26H,4-5,8,11H2,1-3H3,(H,24,28)(H,25,29);1-6H/t16-;/m0./s1. The molecule has 3 N–H and O–H groups in total. The average Bonchev–Trinajstić information content (AvgIpc) is 3.50. The third-order valence-corrected chi connectivity index (χ3v) is 5.40. The van der Waals surface area contributed by atoms with E-state index in [4.69, 9.17) is 4.74 Å². The predicted molar refractivity (Wildman–Crippen MR) is 138 cm³/mol. The SMILES string of the molecule is CC(C)(C)OC(=O)N1CCC[C@H]1C(=O)Nc1ccc2[nH]c(C(=O)NCC(F)F)cc2c1.c1ccccc1. The Hall–Kier alpha value is -3.95. The van der Waals surface area contributed by atoms with Gasteiger partial charge in [-0.25, -0.2) is 13.6 Å². The number of nitrogens with zero attached hydrogens (tertiary/aromatic N) is 1. The lowest BCUT2D eigenvalue weighted by atomic mass is 10.2. The molecule has 0 aliphatic carbocycles. The molecule has 1 fully saturated rings. The fourth-order valence-electron chi connectivity index (χ4n) is 3.79. The lowest BCUT2D eigenvalue weighted by Crippen LogP contribution is -2.45. The molecule has 1 atom stereocenters. The summed E-state index contributed by atoms with van der Waals surface area (Å²) in [6.45, 7) is 5.02. The van der Waals surface area contributed by atoms with E-state index < -0.39 is 36.6 Å². The van der Waals surface area contributed by atoms with Crippen molar-refractivity contribution < 1.29 is 27.9 Å². The van der Waals surface area contributed by atoms with Crippen molar-refractivity contribution in [2.45, 2.75) is 51.7 Å². The number of ether oxygens (including phenoxy) is 1. The maximum absolute atomic E-state index is 12.8. The van der Waals surface area contributed by atoms with Gasteiger partial charge in [-0.2, -0.15) is 0 Å². The lowest BCUT2D eigenvalue weighted by Gasteiger charge is -2.28. The second-order valence-corrected chi connectivity index (χ2v) is 9.56. The highest BCUT2D eigenvalue weighted by Crippen LogP contribution is 2.24. The molecule has 1 aliphatic rings. The summed E-state index contributed by atoms with van der Waals surface area (Å²) in [4.78, 5) is 41.4. The average molecular weight is 515 g/mol. The Balaban J connectivity index is 0.000000555. The number of carbonyl (C=O) groups is 3. The van der Waals surface area contributed by atoms with Gasteiger partial charge in [-0.05, 0) is 57.9 Å². The summed E-state index contributed by atoms with van der Waals surface area (Å²) in [7, 11) is 0. The van der Waals surface area contributed by atoms with Crippen LogP contribution in [0.3, 0.4) is 0 Å². The van der Waals surface area contributed by atoms with Crippen molar-refractivity contribution in [3.63, 3.8) is 0 Å². The van der Waals surface area contributed by atoms with Crippen LogP contribution in [0.25, 0.3) is 10.9 Å². The second kappa shape index (κ2) is 12.3. The van der Waals surface area contributed by atoms with Crippen molar-refractivity contribution >= 4 is 34.5 Å². The zero-order chi connectivity index (χ0) is 27.0. The number of aromatic amines is 1. The summed E-state index contributed by atoms with van der Waals surface area (Å²) in [5, 5.41) is 5.57. The van der Waals surface area contributed by atoms with E-state index >= 15 is 0 Å². The normalized spacial score (nSPS) is 15.2. The first-order valence-corrected chi connectivity index (χ1v) is 12.0. The van der Waals surface area contributed by atoms with Crippen LogP contribution in [0.15, 0.2) is 60.7 Å². The topological polar surface area (TPSA) is 104 Å². The number of nitrogens with one attached hydrogen (secondary N) is 3. The van der Waals surface area contributed by atoms with Gasteiger partial charge in [0.25, 0.3) is 12.3 Å². The van der Waals surface area contributed by atoms with Crippen molar-refractivity contribution in [1.82, 2.24) is 15.2 Å². The first kappa shape index (κ1) is 27.6. The molecule has 198 valence electrons. The van der Waals surface area contributed by atoms with Crippen LogP contribution in [0.5, 0.6) is 0 Å². The molecule has 3 aromatic rings. The Morgan fingerprint density at radius 2 is 1.73 bits per heavy atom. The van der Waals surface area contributed by atoms with Crippen LogP contribution in [0.1, 0.15) is 44.1 Å². The van der Waals surface area contributed by atoms with Crippen molar-refractivity contribution in [2.24, 2.45) is 0 Å². The summed E-state index contributed by atoms with van der Waals surface area (Å²) in [5.41, 5.74) is 0.605. The van der Waals surface area contributed by atoms with Crippen LogP contribution in [0.2, 0.25) is 0 Å². The Bertz CT molecular complexity index is 1180. The molecule has 0 unspecified atom stereocenters. The van der Waals surface area contributed by atoms with E-state index in [-0.39, 0.29) is 11.6 Å². The third kappa shape index (κ3) is 8.30. The lowest BCUT2D eigenvalue weighted by molar-refractivity contribution is -0.120. The minimum absolute atomic E-state index is 0.144. The monoisotopic (exact) mass is 514 g/mol. The summed E-state index contributed by atoms with van der Waals surface area (Å²) in [5.74, 6) is -0.964. The number of amides is 3. The maximum atomic E-state index is 12.8. The molecule has 1 aliphatic heterocycles. The smallest absolute Gasteiger partial charge is 0.410 e. The Morgan fingerprint density at radius 3 is 2.32 bits per heavy atom. The molecule has 8 nitrogen and oxygen atoms in total. The number of H-pyrrole nitrogens is 1. The van der Waals surface area contributed by atoms with Gasteiger partial charge in [0, 0.05) is 23.1 Å². The van der Waals surface area contributed by atoms with Crippen LogP contribution < -0.4 is 10.6 Å². The van der Waals surface area contributed by atoms with Gasteiger partial charge in [0.1, 0.15) is 17.3 Å². The van der Waals surface area contributed by atoms with E-state index in [0.717, 1.165) is 0 Å². The van der Waals surface area contributed by atoms with Gasteiger partial charge in [0.15, 0.2) is 0 Å². The molecular formula is C27H32F2N4O4. The molecule has 3 amide bonds. The van der Waals surface area contributed by atoms with Crippen LogP contribution in [-0.4, -0.2) is 58.9 Å². The van der Waals surface area contributed by atoms with Crippen molar-refractivity contribution in [2.75, 3.05) is 18.4 Å². The van der Waals surface area contributed by atoms with E-state index in [0.29, 0.717) is 36.0 Å².